The van der Waals surface area contributed by atoms with E-state index < -0.39 is 12.7 Å². The summed E-state index contributed by atoms with van der Waals surface area (Å²) in [7, 11) is 1.53. The monoisotopic (exact) mass is 246 g/mol. The Morgan fingerprint density at radius 2 is 2.06 bits per heavy atom. The standard InChI is InChI=1S/C10H13F3N4/c1-4-17(6-10(11,12)13)9-8(5-14)7(2)15-16(9)3/h4,6H2,1-3H3. The molecule has 7 heteroatoms. The average Bonchev–Trinajstić information content (AvgIpc) is 2.48. The number of nitrogens with zero attached hydrogens (tertiary/aromatic N) is 4. The summed E-state index contributed by atoms with van der Waals surface area (Å²) in [6, 6.07) is 1.89. The summed E-state index contributed by atoms with van der Waals surface area (Å²) in [5.41, 5.74) is 0.629. The Morgan fingerprint density at radius 3 is 2.47 bits per heavy atom. The molecule has 0 aliphatic rings. The molecule has 1 heterocycles. The smallest absolute Gasteiger partial charge is 0.347 e. The lowest BCUT2D eigenvalue weighted by atomic mass is 10.2. The van der Waals surface area contributed by atoms with Crippen molar-refractivity contribution in [1.82, 2.24) is 9.78 Å². The summed E-state index contributed by atoms with van der Waals surface area (Å²) >= 11 is 0. The van der Waals surface area contributed by atoms with Gasteiger partial charge >= 0.3 is 6.18 Å². The average molecular weight is 246 g/mol. The summed E-state index contributed by atoms with van der Waals surface area (Å²) in [6.07, 6.45) is -4.30. The van der Waals surface area contributed by atoms with Gasteiger partial charge in [0.1, 0.15) is 24.0 Å². The summed E-state index contributed by atoms with van der Waals surface area (Å²) in [6.45, 7) is 2.28. The zero-order chi connectivity index (χ0) is 13.2. The van der Waals surface area contributed by atoms with Crippen molar-refractivity contribution in [1.29, 1.82) is 5.26 Å². The number of nitriles is 1. The zero-order valence-electron chi connectivity index (χ0n) is 9.84. The van der Waals surface area contributed by atoms with Crippen molar-refractivity contribution in [2.75, 3.05) is 18.0 Å². The number of rotatable bonds is 3. The van der Waals surface area contributed by atoms with Crippen LogP contribution in [0.1, 0.15) is 18.2 Å². The van der Waals surface area contributed by atoms with Crippen molar-refractivity contribution in [2.24, 2.45) is 7.05 Å². The highest BCUT2D eigenvalue weighted by Crippen LogP contribution is 2.26. The van der Waals surface area contributed by atoms with E-state index in [2.05, 4.69) is 5.10 Å². The van der Waals surface area contributed by atoms with Crippen LogP contribution in [0.5, 0.6) is 0 Å². The Labute approximate surface area is 97.2 Å². The second-order valence-corrected chi connectivity index (χ2v) is 3.65. The molecule has 0 fully saturated rings. The molecule has 0 unspecified atom stereocenters. The fraction of sp³-hybridized carbons (Fsp3) is 0.600. The van der Waals surface area contributed by atoms with Gasteiger partial charge < -0.3 is 4.90 Å². The van der Waals surface area contributed by atoms with E-state index in [4.69, 9.17) is 5.26 Å². The number of aromatic nitrogens is 2. The van der Waals surface area contributed by atoms with Gasteiger partial charge in [-0.2, -0.15) is 23.5 Å². The summed E-state index contributed by atoms with van der Waals surface area (Å²) in [4.78, 5) is 1.10. The van der Waals surface area contributed by atoms with Crippen LogP contribution in [-0.4, -0.2) is 29.0 Å². The minimum absolute atomic E-state index is 0.160. The molecule has 1 aromatic rings. The fourth-order valence-electron chi connectivity index (χ4n) is 1.69. The van der Waals surface area contributed by atoms with Crippen LogP contribution in [-0.2, 0) is 7.05 Å². The van der Waals surface area contributed by atoms with Crippen molar-refractivity contribution in [3.63, 3.8) is 0 Å². The molecule has 0 atom stereocenters. The second-order valence-electron chi connectivity index (χ2n) is 3.65. The van der Waals surface area contributed by atoms with E-state index in [9.17, 15) is 13.2 Å². The maximum absolute atomic E-state index is 12.4. The Hall–Kier alpha value is -1.71. The van der Waals surface area contributed by atoms with E-state index >= 15 is 0 Å². The van der Waals surface area contributed by atoms with Gasteiger partial charge in [-0.1, -0.05) is 0 Å². The van der Waals surface area contributed by atoms with Crippen molar-refractivity contribution < 1.29 is 13.2 Å². The molecule has 0 aliphatic carbocycles. The third kappa shape index (κ3) is 2.90. The van der Waals surface area contributed by atoms with Crippen molar-refractivity contribution in [3.05, 3.63) is 11.3 Å². The van der Waals surface area contributed by atoms with Gasteiger partial charge in [-0.15, -0.1) is 0 Å². The van der Waals surface area contributed by atoms with Crippen molar-refractivity contribution in [2.45, 2.75) is 20.0 Å². The molecule has 94 valence electrons. The van der Waals surface area contributed by atoms with Gasteiger partial charge in [-0.25, -0.2) is 0 Å². The third-order valence-corrected chi connectivity index (χ3v) is 2.36. The van der Waals surface area contributed by atoms with Crippen molar-refractivity contribution in [3.8, 4) is 6.07 Å². The SMILES string of the molecule is CCN(CC(F)(F)F)c1c(C#N)c(C)nn1C. The highest BCUT2D eigenvalue weighted by Gasteiger charge is 2.32. The molecule has 0 N–H and O–H groups in total. The van der Waals surface area contributed by atoms with Crippen LogP contribution in [0.2, 0.25) is 0 Å². The summed E-state index contributed by atoms with van der Waals surface area (Å²) in [5.74, 6) is 0.213. The minimum atomic E-state index is -4.30. The largest absolute Gasteiger partial charge is 0.405 e. The lowest BCUT2D eigenvalue weighted by molar-refractivity contribution is -0.119. The molecule has 0 bridgehead atoms. The zero-order valence-corrected chi connectivity index (χ0v) is 9.84. The summed E-state index contributed by atoms with van der Waals surface area (Å²) in [5, 5.41) is 12.9. The van der Waals surface area contributed by atoms with Gasteiger partial charge in [-0.05, 0) is 13.8 Å². The van der Waals surface area contributed by atoms with Gasteiger partial charge in [0, 0.05) is 13.6 Å². The topological polar surface area (TPSA) is 44.9 Å². The minimum Gasteiger partial charge on any atom is -0.347 e. The Balaban J connectivity index is 3.17. The maximum atomic E-state index is 12.4. The number of aryl methyl sites for hydroxylation is 2. The summed E-state index contributed by atoms with van der Waals surface area (Å²) < 4.78 is 38.5. The fourth-order valence-corrected chi connectivity index (χ4v) is 1.69. The molecule has 0 amide bonds. The first-order chi connectivity index (χ1) is 7.80. The van der Waals surface area contributed by atoms with Gasteiger partial charge in [-0.3, -0.25) is 4.68 Å². The van der Waals surface area contributed by atoms with E-state index in [0.717, 1.165) is 4.90 Å². The maximum Gasteiger partial charge on any atom is 0.405 e. The van der Waals surface area contributed by atoms with Crippen LogP contribution in [0.25, 0.3) is 0 Å². The van der Waals surface area contributed by atoms with Gasteiger partial charge in [0.15, 0.2) is 0 Å². The van der Waals surface area contributed by atoms with Crippen LogP contribution < -0.4 is 4.90 Å². The highest BCUT2D eigenvalue weighted by molar-refractivity contribution is 5.57. The molecule has 0 aliphatic heterocycles. The van der Waals surface area contributed by atoms with E-state index in [1.807, 2.05) is 6.07 Å². The van der Waals surface area contributed by atoms with E-state index in [1.54, 1.807) is 13.8 Å². The highest BCUT2D eigenvalue weighted by atomic mass is 19.4. The number of hydrogen-bond acceptors (Lipinski definition) is 3. The predicted octanol–water partition coefficient (Wildman–Crippen LogP) is 1.99. The second kappa shape index (κ2) is 4.65. The molecular weight excluding hydrogens is 233 g/mol. The lowest BCUT2D eigenvalue weighted by Crippen LogP contribution is -2.35. The number of halogens is 3. The quantitative estimate of drug-likeness (QED) is 0.819. The normalized spacial score (nSPS) is 11.4. The molecule has 0 spiro atoms. The van der Waals surface area contributed by atoms with Crippen LogP contribution in [0.15, 0.2) is 0 Å². The molecule has 4 nitrogen and oxygen atoms in total. The molecular formula is C10H13F3N4. The molecule has 0 radical (unpaired) electrons. The Morgan fingerprint density at radius 1 is 1.47 bits per heavy atom. The lowest BCUT2D eigenvalue weighted by Gasteiger charge is -2.24. The first kappa shape index (κ1) is 13.4. The predicted molar refractivity (Wildman–Crippen MR) is 56.6 cm³/mol. The van der Waals surface area contributed by atoms with Crippen LogP contribution in [0, 0.1) is 18.3 Å². The first-order valence-electron chi connectivity index (χ1n) is 5.05. The molecule has 0 aromatic carbocycles. The van der Waals surface area contributed by atoms with Crippen LogP contribution in [0.4, 0.5) is 19.0 Å². The van der Waals surface area contributed by atoms with E-state index in [0.29, 0.717) is 5.69 Å². The van der Waals surface area contributed by atoms with E-state index in [1.165, 1.54) is 11.7 Å². The molecule has 1 rings (SSSR count). The molecule has 0 saturated carbocycles. The number of anilines is 1. The van der Waals surface area contributed by atoms with Crippen LogP contribution in [0.3, 0.4) is 0 Å². The Bertz CT molecular complexity index is 442. The number of hydrogen-bond donors (Lipinski definition) is 0. The first-order valence-corrected chi connectivity index (χ1v) is 5.05. The van der Waals surface area contributed by atoms with Crippen LogP contribution >= 0.6 is 0 Å². The molecule has 1 aromatic heterocycles. The number of alkyl halides is 3. The van der Waals surface area contributed by atoms with Gasteiger partial charge in [0.05, 0.1) is 5.69 Å². The van der Waals surface area contributed by atoms with Gasteiger partial charge in [0.25, 0.3) is 0 Å². The third-order valence-electron chi connectivity index (χ3n) is 2.36. The van der Waals surface area contributed by atoms with E-state index in [-0.39, 0.29) is 17.9 Å². The van der Waals surface area contributed by atoms with Crippen molar-refractivity contribution >= 4 is 5.82 Å². The van der Waals surface area contributed by atoms with Gasteiger partial charge in [0.2, 0.25) is 0 Å². The Kier molecular flexibility index (Phi) is 3.66. The molecule has 17 heavy (non-hydrogen) atoms. The molecule has 0 saturated heterocycles.